The largest absolute Gasteiger partial charge is 0.392 e. The van der Waals surface area contributed by atoms with E-state index in [9.17, 15) is 5.11 Å². The molecule has 5 aromatic rings. The van der Waals surface area contributed by atoms with Gasteiger partial charge in [-0.25, -0.2) is 15.0 Å². The number of H-pyrrole nitrogens is 1. The molecule has 2 atom stereocenters. The molecular formula is C28H29N7O. The van der Waals surface area contributed by atoms with Gasteiger partial charge in [0.15, 0.2) is 5.82 Å². The van der Waals surface area contributed by atoms with Gasteiger partial charge in [0.2, 0.25) is 0 Å². The zero-order valence-corrected chi connectivity index (χ0v) is 20.0. The molecule has 1 saturated heterocycles. The second kappa shape index (κ2) is 8.80. The van der Waals surface area contributed by atoms with Crippen LogP contribution in [0.3, 0.4) is 0 Å². The fourth-order valence-electron chi connectivity index (χ4n) is 5.71. The summed E-state index contributed by atoms with van der Waals surface area (Å²) >= 11 is 0. The summed E-state index contributed by atoms with van der Waals surface area (Å²) in [6, 6.07) is 10.4. The lowest BCUT2D eigenvalue weighted by Crippen LogP contribution is -2.26. The second-order valence-electron chi connectivity index (χ2n) is 10.1. The normalized spacial score (nSPS) is 21.0. The van der Waals surface area contributed by atoms with Crippen LogP contribution in [0.2, 0.25) is 0 Å². The van der Waals surface area contributed by atoms with Crippen molar-refractivity contribution in [3.63, 3.8) is 0 Å². The van der Waals surface area contributed by atoms with Crippen LogP contribution < -0.4 is 10.6 Å². The third-order valence-electron chi connectivity index (χ3n) is 7.77. The van der Waals surface area contributed by atoms with E-state index in [1.165, 1.54) is 24.8 Å². The monoisotopic (exact) mass is 479 g/mol. The predicted octanol–water partition coefficient (Wildman–Crippen LogP) is 4.51. The second-order valence-corrected chi connectivity index (χ2v) is 10.1. The number of benzene rings is 1. The fourth-order valence-corrected chi connectivity index (χ4v) is 5.71. The van der Waals surface area contributed by atoms with Crippen LogP contribution in [0.25, 0.3) is 44.2 Å². The Morgan fingerprint density at radius 3 is 2.81 bits per heavy atom. The van der Waals surface area contributed by atoms with Crippen molar-refractivity contribution < 1.29 is 5.11 Å². The summed E-state index contributed by atoms with van der Waals surface area (Å²) < 4.78 is 0. The van der Waals surface area contributed by atoms with Crippen molar-refractivity contribution >= 4 is 38.7 Å². The van der Waals surface area contributed by atoms with Crippen molar-refractivity contribution in [1.29, 1.82) is 0 Å². The highest BCUT2D eigenvalue weighted by Crippen LogP contribution is 2.42. The lowest BCUT2D eigenvalue weighted by Gasteiger charge is -2.28. The average molecular weight is 480 g/mol. The minimum atomic E-state index is -0.378. The van der Waals surface area contributed by atoms with Gasteiger partial charge in [0.05, 0.1) is 17.8 Å². The van der Waals surface area contributed by atoms with Crippen LogP contribution in [0.15, 0.2) is 48.9 Å². The number of para-hydroxylation sites is 1. The maximum absolute atomic E-state index is 10.4. The fraction of sp³-hybridized carbons (Fsp3) is 0.357. The summed E-state index contributed by atoms with van der Waals surface area (Å²) in [7, 11) is 0. The van der Waals surface area contributed by atoms with Gasteiger partial charge in [-0.2, -0.15) is 0 Å². The van der Waals surface area contributed by atoms with Gasteiger partial charge in [0, 0.05) is 52.2 Å². The number of aromatic nitrogens is 5. The Morgan fingerprint density at radius 2 is 1.92 bits per heavy atom. The van der Waals surface area contributed by atoms with Crippen LogP contribution in [-0.2, 0) is 0 Å². The standard InChI is InChI=1S/C28H29N7O/c36-18-12-17(8-10-29-13-18)32-28-25-21(16-4-3-5-16)14-30-15-23(25)34-26(35-28)20-9-11-31-27-24(20)19-6-1-2-7-22(19)33-27/h1-2,6-7,9,11,14-18,29,36H,3-5,8,10,12-13H2,(H,31,33)(H,32,34,35)/t17-,18+/m1/s1. The average Bonchev–Trinajstić information content (AvgIpc) is 3.12. The molecular weight excluding hydrogens is 450 g/mol. The summed E-state index contributed by atoms with van der Waals surface area (Å²) in [5.74, 6) is 1.99. The predicted molar refractivity (Wildman–Crippen MR) is 142 cm³/mol. The molecule has 1 aliphatic heterocycles. The minimum absolute atomic E-state index is 0.119. The van der Waals surface area contributed by atoms with Gasteiger partial charge in [-0.15, -0.1) is 0 Å². The summed E-state index contributed by atoms with van der Waals surface area (Å²) in [6.07, 6.45) is 10.5. The maximum Gasteiger partial charge on any atom is 0.163 e. The van der Waals surface area contributed by atoms with Crippen LogP contribution in [-0.4, -0.2) is 55.3 Å². The molecule has 2 fully saturated rings. The maximum atomic E-state index is 10.4. The first-order valence-corrected chi connectivity index (χ1v) is 12.9. The Balaban J connectivity index is 1.43. The number of hydrogen-bond acceptors (Lipinski definition) is 7. The molecule has 1 saturated carbocycles. The summed E-state index contributed by atoms with van der Waals surface area (Å²) in [5, 5.41) is 20.7. The lowest BCUT2D eigenvalue weighted by atomic mass is 9.79. The Morgan fingerprint density at radius 1 is 1.00 bits per heavy atom. The van der Waals surface area contributed by atoms with E-state index in [-0.39, 0.29) is 12.1 Å². The Kier molecular flexibility index (Phi) is 5.29. The van der Waals surface area contributed by atoms with Crippen LogP contribution in [0.4, 0.5) is 5.82 Å². The molecule has 0 bridgehead atoms. The highest BCUT2D eigenvalue weighted by atomic mass is 16.3. The van der Waals surface area contributed by atoms with E-state index in [0.717, 1.165) is 57.2 Å². The van der Waals surface area contributed by atoms with Crippen molar-refractivity contribution in [2.75, 3.05) is 18.4 Å². The zero-order valence-electron chi connectivity index (χ0n) is 20.0. The van der Waals surface area contributed by atoms with Crippen molar-refractivity contribution in [1.82, 2.24) is 30.2 Å². The molecule has 0 radical (unpaired) electrons. The molecule has 4 N–H and O–H groups in total. The van der Waals surface area contributed by atoms with E-state index in [2.05, 4.69) is 37.7 Å². The summed E-state index contributed by atoms with van der Waals surface area (Å²) in [4.78, 5) is 22.8. The zero-order chi connectivity index (χ0) is 24.1. The van der Waals surface area contributed by atoms with Crippen molar-refractivity contribution in [2.45, 2.75) is 50.2 Å². The van der Waals surface area contributed by atoms with E-state index >= 15 is 0 Å². The third-order valence-corrected chi connectivity index (χ3v) is 7.77. The van der Waals surface area contributed by atoms with Crippen molar-refractivity contribution in [3.8, 4) is 11.4 Å². The molecule has 5 heterocycles. The SMILES string of the molecule is O[C@@H]1CNCC[C@@H](Nc2nc(-c3ccnc4[nH]c5ccccc5c34)nc3cncc(C4CCC4)c23)C1. The van der Waals surface area contributed by atoms with E-state index in [0.29, 0.717) is 24.7 Å². The van der Waals surface area contributed by atoms with E-state index < -0.39 is 0 Å². The Bertz CT molecular complexity index is 1580. The van der Waals surface area contributed by atoms with E-state index in [4.69, 9.17) is 9.97 Å². The lowest BCUT2D eigenvalue weighted by molar-refractivity contribution is 0.165. The molecule has 0 spiro atoms. The first-order chi connectivity index (χ1) is 17.7. The molecule has 0 amide bonds. The molecule has 7 rings (SSSR count). The number of anilines is 1. The first kappa shape index (κ1) is 21.6. The van der Waals surface area contributed by atoms with Crippen LogP contribution in [0, 0.1) is 0 Å². The number of aliphatic hydroxyl groups is 1. The van der Waals surface area contributed by atoms with Crippen molar-refractivity contribution in [3.05, 3.63) is 54.5 Å². The van der Waals surface area contributed by atoms with Gasteiger partial charge in [-0.1, -0.05) is 24.6 Å². The van der Waals surface area contributed by atoms with Gasteiger partial charge in [0.25, 0.3) is 0 Å². The molecule has 182 valence electrons. The third kappa shape index (κ3) is 3.68. The number of aliphatic hydroxyl groups excluding tert-OH is 1. The number of fused-ring (bicyclic) bond motifs is 4. The molecule has 0 unspecified atom stereocenters. The number of β-amino-alcohol motifs (C(OH)–C–C–N with tert-alkyl or cyclic N) is 1. The quantitative estimate of drug-likeness (QED) is 0.300. The summed E-state index contributed by atoms with van der Waals surface area (Å²) in [5.41, 5.74) is 4.89. The van der Waals surface area contributed by atoms with E-state index in [1.54, 1.807) is 0 Å². The van der Waals surface area contributed by atoms with Gasteiger partial charge in [0.1, 0.15) is 11.5 Å². The van der Waals surface area contributed by atoms with E-state index in [1.807, 2.05) is 36.8 Å². The van der Waals surface area contributed by atoms with Gasteiger partial charge in [-0.3, -0.25) is 4.98 Å². The number of hydrogen-bond donors (Lipinski definition) is 4. The number of nitrogens with one attached hydrogen (secondary N) is 3. The molecule has 8 nitrogen and oxygen atoms in total. The highest BCUT2D eigenvalue weighted by Gasteiger charge is 2.26. The number of aromatic amines is 1. The van der Waals surface area contributed by atoms with Crippen LogP contribution in [0.1, 0.15) is 43.6 Å². The Labute approximate surface area is 208 Å². The molecule has 2 aliphatic rings. The molecule has 36 heavy (non-hydrogen) atoms. The number of pyridine rings is 2. The van der Waals surface area contributed by atoms with Crippen LogP contribution >= 0.6 is 0 Å². The van der Waals surface area contributed by atoms with Crippen molar-refractivity contribution in [2.24, 2.45) is 0 Å². The first-order valence-electron chi connectivity index (χ1n) is 12.9. The molecule has 8 heteroatoms. The molecule has 1 aromatic carbocycles. The van der Waals surface area contributed by atoms with Crippen LogP contribution in [0.5, 0.6) is 0 Å². The number of rotatable bonds is 4. The smallest absolute Gasteiger partial charge is 0.163 e. The Hall–Kier alpha value is -3.62. The molecule has 1 aliphatic carbocycles. The van der Waals surface area contributed by atoms with Gasteiger partial charge >= 0.3 is 0 Å². The van der Waals surface area contributed by atoms with Gasteiger partial charge in [-0.05, 0) is 55.8 Å². The highest BCUT2D eigenvalue weighted by molar-refractivity contribution is 6.12. The topological polar surface area (TPSA) is 112 Å². The number of nitrogens with zero attached hydrogens (tertiary/aromatic N) is 4. The van der Waals surface area contributed by atoms with Gasteiger partial charge < -0.3 is 20.7 Å². The minimum Gasteiger partial charge on any atom is -0.392 e. The summed E-state index contributed by atoms with van der Waals surface area (Å²) in [6.45, 7) is 1.49. The molecule has 4 aromatic heterocycles.